The van der Waals surface area contributed by atoms with Crippen molar-refractivity contribution in [1.29, 1.82) is 5.53 Å². The highest BCUT2D eigenvalue weighted by molar-refractivity contribution is 5.66. The van der Waals surface area contributed by atoms with E-state index in [1.165, 1.54) is 70.6 Å². The van der Waals surface area contributed by atoms with Gasteiger partial charge < -0.3 is 10.9 Å². The van der Waals surface area contributed by atoms with Crippen molar-refractivity contribution in [3.8, 4) is 0 Å². The van der Waals surface area contributed by atoms with Crippen LogP contribution < -0.4 is 5.84 Å². The van der Waals surface area contributed by atoms with Crippen LogP contribution in [0.5, 0.6) is 0 Å². The number of unbranched alkanes of at least 4 members (excludes halogenated alkanes) is 11. The number of rotatable bonds is 16. The second kappa shape index (κ2) is 24.5. The third-order valence-corrected chi connectivity index (χ3v) is 3.78. The third kappa shape index (κ3) is 30.7. The summed E-state index contributed by atoms with van der Waals surface area (Å²) in [6.07, 6.45) is 22.2. The minimum absolute atomic E-state index is 0.332. The minimum Gasteiger partial charge on any atom is -0.481 e. The van der Waals surface area contributed by atoms with E-state index in [-0.39, 0.29) is 0 Å². The molecule has 146 valence electrons. The molecular formula is C19H38N4O2. The molecule has 0 unspecified atom stereocenters. The van der Waals surface area contributed by atoms with Gasteiger partial charge in [0.05, 0.1) is 0 Å². The molecule has 0 aromatic carbocycles. The lowest BCUT2D eigenvalue weighted by Gasteiger charge is -1.99. The summed E-state index contributed by atoms with van der Waals surface area (Å²) >= 11 is 0. The molecule has 0 saturated heterocycles. The lowest BCUT2D eigenvalue weighted by molar-refractivity contribution is -0.137. The first-order valence-corrected chi connectivity index (χ1v) is 9.64. The van der Waals surface area contributed by atoms with Crippen molar-refractivity contribution < 1.29 is 9.90 Å². The van der Waals surface area contributed by atoms with Crippen LogP contribution in [0.3, 0.4) is 0 Å². The molecular weight excluding hydrogens is 316 g/mol. The summed E-state index contributed by atoms with van der Waals surface area (Å²) in [6, 6.07) is 0. The molecule has 0 aromatic rings. The lowest BCUT2D eigenvalue weighted by Crippen LogP contribution is -1.93. The van der Waals surface area contributed by atoms with E-state index in [4.69, 9.17) is 10.6 Å². The summed E-state index contributed by atoms with van der Waals surface area (Å²) in [4.78, 5) is 10.3. The fraction of sp³-hybridized carbons (Fsp3) is 0.789. The summed E-state index contributed by atoms with van der Waals surface area (Å²) in [5, 5.41) is 14.1. The van der Waals surface area contributed by atoms with Crippen LogP contribution in [0.15, 0.2) is 22.4 Å². The van der Waals surface area contributed by atoms with E-state index in [2.05, 4.69) is 35.1 Å². The number of allylic oxidation sites excluding steroid dienone is 2. The predicted octanol–water partition coefficient (Wildman–Crippen LogP) is 6.03. The Labute approximate surface area is 153 Å². The van der Waals surface area contributed by atoms with E-state index >= 15 is 0 Å². The Morgan fingerprint density at radius 2 is 1.40 bits per heavy atom. The van der Waals surface area contributed by atoms with E-state index < -0.39 is 5.97 Å². The second-order valence-electron chi connectivity index (χ2n) is 6.12. The molecule has 0 bridgehead atoms. The fourth-order valence-electron chi connectivity index (χ4n) is 2.38. The number of carbonyl (C=O) groups is 1. The number of hydrogen-bond acceptors (Lipinski definition) is 4. The van der Waals surface area contributed by atoms with Gasteiger partial charge in [0.25, 0.3) is 0 Å². The van der Waals surface area contributed by atoms with E-state index in [0.29, 0.717) is 6.42 Å². The normalized spacial score (nSPS) is 10.8. The molecule has 0 aromatic heterocycles. The molecule has 0 aliphatic carbocycles. The van der Waals surface area contributed by atoms with Crippen molar-refractivity contribution in [3.05, 3.63) is 12.2 Å². The van der Waals surface area contributed by atoms with Crippen LogP contribution in [-0.4, -0.2) is 17.4 Å². The molecule has 0 radical (unpaired) electrons. The van der Waals surface area contributed by atoms with E-state index in [1.54, 1.807) is 0 Å². The number of carboxylic acid groups (broad SMARTS) is 1. The van der Waals surface area contributed by atoms with Gasteiger partial charge in [0.1, 0.15) is 0 Å². The largest absolute Gasteiger partial charge is 0.481 e. The Kier molecular flexibility index (Phi) is 25.0. The average molecular weight is 355 g/mol. The number of nitrogens with zero attached hydrogens (tertiary/aromatic N) is 2. The Balaban J connectivity index is 0. The second-order valence-corrected chi connectivity index (χ2v) is 6.12. The third-order valence-electron chi connectivity index (χ3n) is 3.78. The zero-order chi connectivity index (χ0) is 19.0. The molecule has 0 aliphatic rings. The van der Waals surface area contributed by atoms with Crippen molar-refractivity contribution >= 4 is 12.3 Å². The maximum Gasteiger partial charge on any atom is 0.303 e. The highest BCUT2D eigenvalue weighted by atomic mass is 16.4. The quantitative estimate of drug-likeness (QED) is 0.0598. The number of aliphatic carboxylic acids is 1. The van der Waals surface area contributed by atoms with Crippen molar-refractivity contribution in [2.75, 3.05) is 0 Å². The number of hydrazone groups is 1. The molecule has 0 aliphatic heterocycles. The molecule has 0 saturated carbocycles. The van der Waals surface area contributed by atoms with Gasteiger partial charge in [0.15, 0.2) is 6.34 Å². The predicted molar refractivity (Wildman–Crippen MR) is 105 cm³/mol. The van der Waals surface area contributed by atoms with Gasteiger partial charge in [-0.2, -0.15) is 5.10 Å². The maximum absolute atomic E-state index is 10.3. The van der Waals surface area contributed by atoms with Crippen LogP contribution in [0.4, 0.5) is 0 Å². The standard InChI is InChI=1S/C18H34O2.CH4N4/c1-2-3-4-5-6-7-8-9-10-11-12-13-14-15-16-17-18(19)20;2-4-1-5-3/h9-10H,2-8,11-17H2,1H3,(H,19,20);1-2H,3H2/b10-9-;. The topological polar surface area (TPSA) is 112 Å². The molecule has 0 atom stereocenters. The molecule has 4 N–H and O–H groups in total. The molecule has 6 heteroatoms. The first-order valence-electron chi connectivity index (χ1n) is 9.64. The molecule has 0 fully saturated rings. The number of nitrogens with one attached hydrogen (secondary N) is 1. The zero-order valence-corrected chi connectivity index (χ0v) is 16.0. The molecule has 0 heterocycles. The fourth-order valence-corrected chi connectivity index (χ4v) is 2.38. The Morgan fingerprint density at radius 3 is 1.80 bits per heavy atom. The average Bonchev–Trinajstić information content (AvgIpc) is 2.59. The summed E-state index contributed by atoms with van der Waals surface area (Å²) in [5.74, 6) is 3.83. The van der Waals surface area contributed by atoms with Crippen LogP contribution in [0.2, 0.25) is 0 Å². The lowest BCUT2D eigenvalue weighted by atomic mass is 10.1. The van der Waals surface area contributed by atoms with Crippen molar-refractivity contribution in [3.63, 3.8) is 0 Å². The van der Waals surface area contributed by atoms with Crippen LogP contribution in [-0.2, 0) is 4.79 Å². The summed E-state index contributed by atoms with van der Waals surface area (Å²) in [5.41, 5.74) is 6.00. The molecule has 25 heavy (non-hydrogen) atoms. The Hall–Kier alpha value is -1.72. The van der Waals surface area contributed by atoms with E-state index in [0.717, 1.165) is 19.2 Å². The Morgan fingerprint density at radius 1 is 0.920 bits per heavy atom. The van der Waals surface area contributed by atoms with Crippen molar-refractivity contribution in [2.45, 2.75) is 96.8 Å². The summed E-state index contributed by atoms with van der Waals surface area (Å²) in [6.45, 7) is 2.26. The summed E-state index contributed by atoms with van der Waals surface area (Å²) < 4.78 is 0. The van der Waals surface area contributed by atoms with E-state index in [1.807, 2.05) is 0 Å². The molecule has 0 spiro atoms. The van der Waals surface area contributed by atoms with Gasteiger partial charge in [0.2, 0.25) is 0 Å². The first kappa shape index (κ1) is 25.5. The number of nitrogens with two attached hydrogens (primary N) is 1. The van der Waals surface area contributed by atoms with Gasteiger partial charge in [0, 0.05) is 6.42 Å². The monoisotopic (exact) mass is 354 g/mol. The van der Waals surface area contributed by atoms with Gasteiger partial charge in [-0.1, -0.05) is 70.4 Å². The van der Waals surface area contributed by atoms with Gasteiger partial charge >= 0.3 is 5.97 Å². The van der Waals surface area contributed by atoms with Crippen LogP contribution >= 0.6 is 0 Å². The van der Waals surface area contributed by atoms with Crippen molar-refractivity contribution in [2.24, 2.45) is 16.1 Å². The van der Waals surface area contributed by atoms with E-state index in [9.17, 15) is 4.79 Å². The summed E-state index contributed by atoms with van der Waals surface area (Å²) in [7, 11) is 0. The molecule has 0 amide bonds. The van der Waals surface area contributed by atoms with Gasteiger partial charge in [-0.25, -0.2) is 5.53 Å². The highest BCUT2D eigenvalue weighted by Gasteiger charge is 1.95. The van der Waals surface area contributed by atoms with Crippen LogP contribution in [0.25, 0.3) is 0 Å². The number of carboxylic acids is 1. The first-order chi connectivity index (χ1) is 12.2. The maximum atomic E-state index is 10.3. The van der Waals surface area contributed by atoms with Gasteiger partial charge in [-0.3, -0.25) is 4.79 Å². The highest BCUT2D eigenvalue weighted by Crippen LogP contribution is 2.09. The minimum atomic E-state index is -0.664. The van der Waals surface area contributed by atoms with Gasteiger partial charge in [-0.15, -0.1) is 5.11 Å². The van der Waals surface area contributed by atoms with Gasteiger partial charge in [-0.05, 0) is 32.1 Å². The SMILES string of the molecule is CCCCCCCC/C=C\CCCCCCCC(=O)O.N=NC=NN. The Bertz CT molecular complexity index is 344. The molecule has 0 rings (SSSR count). The van der Waals surface area contributed by atoms with Crippen molar-refractivity contribution in [1.82, 2.24) is 0 Å². The zero-order valence-electron chi connectivity index (χ0n) is 16.0. The van der Waals surface area contributed by atoms with Crippen LogP contribution in [0.1, 0.15) is 96.8 Å². The molecule has 6 nitrogen and oxygen atoms in total. The smallest absolute Gasteiger partial charge is 0.303 e. The number of hydrogen-bond donors (Lipinski definition) is 3. The van der Waals surface area contributed by atoms with Crippen LogP contribution in [0, 0.1) is 5.53 Å².